The van der Waals surface area contributed by atoms with Crippen molar-refractivity contribution in [3.05, 3.63) is 53.5 Å². The molecule has 0 saturated carbocycles. The number of allylic oxidation sites excluding steroid dienone is 2. The fourth-order valence-electron chi connectivity index (χ4n) is 4.15. The summed E-state index contributed by atoms with van der Waals surface area (Å²) >= 11 is 1.38. The van der Waals surface area contributed by atoms with Gasteiger partial charge in [-0.3, -0.25) is 19.6 Å². The summed E-state index contributed by atoms with van der Waals surface area (Å²) in [7, 11) is 0. The standard InChI is InChI=1S/C27H35N3O5S/c1-16-7-6-8-17(2)24(33)18(3)25(34)27(4,5)22(31)13-23(32)35-21(10-9-16)20-15-36-26(30-20)19-14-28-11-12-29-19/h6,8-9,11-12,14-15,17-18,21-22,24,31,33H,7,10,13H2,1-5H3/b8-6-,16-9-/t17-,18+,21-,22-,24-/m0/s1. The summed E-state index contributed by atoms with van der Waals surface area (Å²) < 4.78 is 5.78. The predicted octanol–water partition coefficient (Wildman–Crippen LogP) is 4.46. The highest BCUT2D eigenvalue weighted by atomic mass is 32.1. The van der Waals surface area contributed by atoms with E-state index in [1.54, 1.807) is 39.4 Å². The predicted molar refractivity (Wildman–Crippen MR) is 138 cm³/mol. The lowest BCUT2D eigenvalue weighted by atomic mass is 9.73. The Bertz CT molecular complexity index is 1110. The van der Waals surface area contributed by atoms with Crippen molar-refractivity contribution < 1.29 is 24.5 Å². The lowest BCUT2D eigenvalue weighted by Gasteiger charge is -2.34. The summed E-state index contributed by atoms with van der Waals surface area (Å²) in [6, 6.07) is 0. The van der Waals surface area contributed by atoms with Gasteiger partial charge in [0.2, 0.25) is 0 Å². The summed E-state index contributed by atoms with van der Waals surface area (Å²) in [6.07, 6.45) is 8.57. The highest BCUT2D eigenvalue weighted by Gasteiger charge is 2.42. The maximum absolute atomic E-state index is 13.2. The Morgan fingerprint density at radius 1 is 1.17 bits per heavy atom. The van der Waals surface area contributed by atoms with Crippen LogP contribution in [0, 0.1) is 17.3 Å². The average molecular weight is 514 g/mol. The maximum Gasteiger partial charge on any atom is 0.309 e. The van der Waals surface area contributed by atoms with Crippen molar-refractivity contribution in [2.24, 2.45) is 17.3 Å². The van der Waals surface area contributed by atoms with Gasteiger partial charge in [0.05, 0.1) is 35.9 Å². The van der Waals surface area contributed by atoms with Crippen molar-refractivity contribution in [1.82, 2.24) is 15.0 Å². The van der Waals surface area contributed by atoms with Gasteiger partial charge in [0.1, 0.15) is 22.6 Å². The second kappa shape index (κ2) is 12.0. The van der Waals surface area contributed by atoms with Gasteiger partial charge >= 0.3 is 5.97 Å². The Morgan fingerprint density at radius 3 is 2.61 bits per heavy atom. The molecule has 194 valence electrons. The van der Waals surface area contributed by atoms with Gasteiger partial charge in [0.25, 0.3) is 0 Å². The fourth-order valence-corrected chi connectivity index (χ4v) is 4.97. The molecule has 9 heteroatoms. The van der Waals surface area contributed by atoms with Crippen molar-refractivity contribution in [3.63, 3.8) is 0 Å². The first-order valence-corrected chi connectivity index (χ1v) is 13.0. The van der Waals surface area contributed by atoms with E-state index in [2.05, 4.69) is 15.0 Å². The van der Waals surface area contributed by atoms with Crippen molar-refractivity contribution >= 4 is 23.1 Å². The molecule has 0 spiro atoms. The first-order valence-electron chi connectivity index (χ1n) is 12.1. The molecular weight excluding hydrogens is 478 g/mol. The van der Waals surface area contributed by atoms with Crippen LogP contribution in [0.15, 0.2) is 47.8 Å². The van der Waals surface area contributed by atoms with E-state index >= 15 is 0 Å². The summed E-state index contributed by atoms with van der Waals surface area (Å²) in [5.41, 5.74) is 1.04. The number of nitrogens with zero attached hydrogens (tertiary/aromatic N) is 3. The zero-order valence-electron chi connectivity index (χ0n) is 21.4. The Labute approximate surface area is 216 Å². The topological polar surface area (TPSA) is 123 Å². The van der Waals surface area contributed by atoms with E-state index in [-0.39, 0.29) is 18.1 Å². The number of ketones is 1. The Morgan fingerprint density at radius 2 is 1.92 bits per heavy atom. The summed E-state index contributed by atoms with van der Waals surface area (Å²) in [5.74, 6) is -1.88. The molecule has 0 amide bonds. The van der Waals surface area contributed by atoms with Gasteiger partial charge in [-0.05, 0) is 13.3 Å². The van der Waals surface area contributed by atoms with E-state index in [0.717, 1.165) is 5.57 Å². The molecule has 0 aliphatic carbocycles. The lowest BCUT2D eigenvalue weighted by molar-refractivity contribution is -0.156. The van der Waals surface area contributed by atoms with Crippen molar-refractivity contribution in [2.75, 3.05) is 0 Å². The number of Topliss-reactive ketones (excluding diaryl/α,β-unsaturated/α-hetero) is 1. The molecule has 0 unspecified atom stereocenters. The first-order chi connectivity index (χ1) is 17.0. The minimum Gasteiger partial charge on any atom is -0.455 e. The molecule has 36 heavy (non-hydrogen) atoms. The quantitative estimate of drug-likeness (QED) is 0.446. The highest BCUT2D eigenvalue weighted by molar-refractivity contribution is 7.13. The fraction of sp³-hybridized carbons (Fsp3) is 0.519. The summed E-state index contributed by atoms with van der Waals surface area (Å²) in [6.45, 7) is 8.69. The molecule has 3 rings (SSSR count). The molecule has 1 aliphatic rings. The molecule has 2 N–H and O–H groups in total. The van der Waals surface area contributed by atoms with Crippen molar-refractivity contribution in [1.29, 1.82) is 0 Å². The van der Waals surface area contributed by atoms with E-state index in [4.69, 9.17) is 4.74 Å². The van der Waals surface area contributed by atoms with Crippen LogP contribution in [0.4, 0.5) is 0 Å². The number of hydrogen-bond donors (Lipinski definition) is 2. The first kappa shape index (κ1) is 27.8. The van der Waals surface area contributed by atoms with Crippen molar-refractivity contribution in [3.8, 4) is 10.7 Å². The van der Waals surface area contributed by atoms with E-state index in [1.165, 1.54) is 11.3 Å². The number of rotatable bonds is 2. The third-order valence-electron chi connectivity index (χ3n) is 6.76. The number of carbonyl (C=O) groups is 2. The van der Waals surface area contributed by atoms with Crippen LogP contribution in [0.3, 0.4) is 0 Å². The third-order valence-corrected chi connectivity index (χ3v) is 7.64. The van der Waals surface area contributed by atoms with E-state index < -0.39 is 35.6 Å². The molecule has 3 heterocycles. The minimum absolute atomic E-state index is 0.246. The second-order valence-corrected chi connectivity index (χ2v) is 10.9. The summed E-state index contributed by atoms with van der Waals surface area (Å²) in [4.78, 5) is 39.1. The molecule has 1 aliphatic heterocycles. The van der Waals surface area contributed by atoms with Gasteiger partial charge in [-0.15, -0.1) is 11.3 Å². The highest BCUT2D eigenvalue weighted by Crippen LogP contribution is 2.33. The monoisotopic (exact) mass is 513 g/mol. The number of thiazole rings is 1. The Balaban J connectivity index is 1.91. The van der Waals surface area contributed by atoms with Gasteiger partial charge < -0.3 is 14.9 Å². The molecule has 0 aromatic carbocycles. The minimum atomic E-state index is -1.27. The number of esters is 1. The normalized spacial score (nSPS) is 30.8. The number of aliphatic hydroxyl groups is 2. The molecule has 0 radical (unpaired) electrons. The smallest absolute Gasteiger partial charge is 0.309 e. The summed E-state index contributed by atoms with van der Waals surface area (Å²) in [5, 5.41) is 24.1. The van der Waals surface area contributed by atoms with Crippen LogP contribution < -0.4 is 0 Å². The van der Waals surface area contributed by atoms with E-state index in [9.17, 15) is 19.8 Å². The SMILES string of the molecule is C/C1=C/C[C@@H](c2csc(-c3cnccn3)n2)OC(=O)C[C@H](O)C(C)(C)C(=O)[C@H](C)[C@@H](O)[C@@H](C)/C=C\C1. The number of aromatic nitrogens is 3. The van der Waals surface area contributed by atoms with Crippen LogP contribution in [0.5, 0.6) is 0 Å². The zero-order valence-corrected chi connectivity index (χ0v) is 22.2. The van der Waals surface area contributed by atoms with E-state index in [1.807, 2.05) is 37.5 Å². The maximum atomic E-state index is 13.2. The van der Waals surface area contributed by atoms with Gasteiger partial charge in [-0.1, -0.05) is 51.5 Å². The van der Waals surface area contributed by atoms with Gasteiger partial charge in [-0.25, -0.2) is 4.98 Å². The molecular formula is C27H35N3O5S. The number of ether oxygens (including phenoxy) is 1. The van der Waals surface area contributed by atoms with Crippen LogP contribution in [-0.4, -0.2) is 49.1 Å². The van der Waals surface area contributed by atoms with Crippen LogP contribution in [0.2, 0.25) is 0 Å². The van der Waals surface area contributed by atoms with Crippen LogP contribution in [0.1, 0.15) is 65.7 Å². The number of carbonyl (C=O) groups excluding carboxylic acids is 2. The molecule has 5 atom stereocenters. The third kappa shape index (κ3) is 6.72. The Hall–Kier alpha value is -2.75. The van der Waals surface area contributed by atoms with Crippen LogP contribution >= 0.6 is 11.3 Å². The largest absolute Gasteiger partial charge is 0.455 e. The second-order valence-electron chi connectivity index (χ2n) is 10.0. The van der Waals surface area contributed by atoms with Gasteiger partial charge in [0.15, 0.2) is 0 Å². The lowest BCUT2D eigenvalue weighted by Crippen LogP contribution is -2.45. The van der Waals surface area contributed by atoms with Gasteiger partial charge in [0, 0.05) is 36.0 Å². The Kier molecular flexibility index (Phi) is 9.27. The van der Waals surface area contributed by atoms with Crippen LogP contribution in [-0.2, 0) is 14.3 Å². The van der Waals surface area contributed by atoms with E-state index in [0.29, 0.717) is 29.2 Å². The van der Waals surface area contributed by atoms with Crippen molar-refractivity contribution in [2.45, 2.75) is 72.2 Å². The van der Waals surface area contributed by atoms with Crippen LogP contribution in [0.25, 0.3) is 10.7 Å². The number of cyclic esters (lactones) is 1. The molecule has 0 fully saturated rings. The average Bonchev–Trinajstić information content (AvgIpc) is 3.35. The molecule has 0 saturated heterocycles. The number of aliphatic hydroxyl groups excluding tert-OH is 2. The molecule has 8 nitrogen and oxygen atoms in total. The van der Waals surface area contributed by atoms with Gasteiger partial charge in [-0.2, -0.15) is 0 Å². The molecule has 0 bridgehead atoms. The number of hydrogen-bond acceptors (Lipinski definition) is 9. The molecule has 2 aromatic heterocycles. The molecule has 2 aromatic rings. The zero-order chi connectivity index (χ0) is 26.5.